The van der Waals surface area contributed by atoms with Crippen molar-refractivity contribution in [1.82, 2.24) is 5.32 Å². The third kappa shape index (κ3) is 3.12. The first-order valence-electron chi connectivity index (χ1n) is 5.82. The van der Waals surface area contributed by atoms with Crippen LogP contribution in [-0.4, -0.2) is 31.2 Å². The monoisotopic (exact) mass is 266 g/mol. The molecule has 1 aliphatic rings. The molecule has 0 aromatic heterocycles. The summed E-state index contributed by atoms with van der Waals surface area (Å²) in [7, 11) is 1.51. The molecule has 1 aromatic rings. The molecule has 0 saturated heterocycles. The zero-order valence-electron chi connectivity index (χ0n) is 10.4. The Labute approximate surface area is 109 Å². The number of fused-ring (bicyclic) bond motifs is 1. The molecule has 19 heavy (non-hydrogen) atoms. The quantitative estimate of drug-likeness (QED) is 0.632. The Bertz CT molecular complexity index is 503. The standard InChI is InChI=1S/C12H14N2O5/c1-13-12(15)5-9(6-14(16)17)8-2-3-10-11(4-8)19-7-18-10/h2-4,9H,5-7H2,1H3,(H,13,15). The number of carbonyl (C=O) groups excluding carboxylic acids is 1. The van der Waals surface area contributed by atoms with Gasteiger partial charge in [-0.05, 0) is 17.7 Å². The summed E-state index contributed by atoms with van der Waals surface area (Å²) >= 11 is 0. The lowest BCUT2D eigenvalue weighted by atomic mass is 9.95. The van der Waals surface area contributed by atoms with Gasteiger partial charge in [0.15, 0.2) is 11.5 Å². The second-order valence-corrected chi connectivity index (χ2v) is 4.20. The van der Waals surface area contributed by atoms with Crippen molar-refractivity contribution in [2.45, 2.75) is 12.3 Å². The number of ether oxygens (including phenoxy) is 2. The number of nitro groups is 1. The van der Waals surface area contributed by atoms with Gasteiger partial charge >= 0.3 is 0 Å². The molecule has 0 bridgehead atoms. The van der Waals surface area contributed by atoms with Gasteiger partial charge in [0, 0.05) is 18.4 Å². The van der Waals surface area contributed by atoms with E-state index >= 15 is 0 Å². The van der Waals surface area contributed by atoms with Crippen LogP contribution in [-0.2, 0) is 4.79 Å². The second kappa shape index (κ2) is 5.55. The summed E-state index contributed by atoms with van der Waals surface area (Å²) in [5.41, 5.74) is 0.699. The molecule has 0 aliphatic carbocycles. The third-order valence-corrected chi connectivity index (χ3v) is 2.95. The molecule has 2 rings (SSSR count). The van der Waals surface area contributed by atoms with Crippen molar-refractivity contribution in [3.8, 4) is 11.5 Å². The molecule has 7 nitrogen and oxygen atoms in total. The summed E-state index contributed by atoms with van der Waals surface area (Å²) in [5, 5.41) is 13.2. The van der Waals surface area contributed by atoms with Gasteiger partial charge in [-0.15, -0.1) is 0 Å². The second-order valence-electron chi connectivity index (χ2n) is 4.20. The molecule has 1 atom stereocenters. The number of nitrogens with one attached hydrogen (secondary N) is 1. The molecule has 1 aliphatic heterocycles. The van der Waals surface area contributed by atoms with E-state index in [0.29, 0.717) is 17.1 Å². The van der Waals surface area contributed by atoms with Gasteiger partial charge in [0.25, 0.3) is 0 Å². The molecule has 7 heteroatoms. The number of hydrogen-bond acceptors (Lipinski definition) is 5. The summed E-state index contributed by atoms with van der Waals surface area (Å²) in [6.45, 7) is -0.152. The summed E-state index contributed by atoms with van der Waals surface area (Å²) in [6, 6.07) is 5.12. The maximum Gasteiger partial charge on any atom is 0.231 e. The topological polar surface area (TPSA) is 90.7 Å². The largest absolute Gasteiger partial charge is 0.454 e. The molecule has 0 fully saturated rings. The highest BCUT2D eigenvalue weighted by Gasteiger charge is 2.23. The molecule has 1 amide bonds. The maximum atomic E-state index is 11.4. The maximum absolute atomic E-state index is 11.4. The minimum atomic E-state index is -0.482. The SMILES string of the molecule is CNC(=O)CC(C[N+](=O)[O-])c1ccc2c(c1)OCO2. The first-order chi connectivity index (χ1) is 9.10. The fraction of sp³-hybridized carbons (Fsp3) is 0.417. The predicted octanol–water partition coefficient (Wildman–Crippen LogP) is 0.912. The average molecular weight is 266 g/mol. The van der Waals surface area contributed by atoms with Crippen LogP contribution in [0.2, 0.25) is 0 Å². The van der Waals surface area contributed by atoms with Gasteiger partial charge in [-0.25, -0.2) is 0 Å². The summed E-state index contributed by atoms with van der Waals surface area (Å²) < 4.78 is 10.4. The molecule has 1 heterocycles. The van der Waals surface area contributed by atoms with Crippen molar-refractivity contribution < 1.29 is 19.2 Å². The van der Waals surface area contributed by atoms with Crippen molar-refractivity contribution in [3.63, 3.8) is 0 Å². The third-order valence-electron chi connectivity index (χ3n) is 2.95. The van der Waals surface area contributed by atoms with E-state index in [-0.39, 0.29) is 25.7 Å². The van der Waals surface area contributed by atoms with Crippen LogP contribution in [0.25, 0.3) is 0 Å². The zero-order chi connectivity index (χ0) is 13.8. The summed E-state index contributed by atoms with van der Waals surface area (Å²) in [4.78, 5) is 21.7. The van der Waals surface area contributed by atoms with Gasteiger partial charge in [-0.3, -0.25) is 14.9 Å². The Hall–Kier alpha value is -2.31. The van der Waals surface area contributed by atoms with Crippen LogP contribution in [0.3, 0.4) is 0 Å². The van der Waals surface area contributed by atoms with Crippen LogP contribution in [0, 0.1) is 10.1 Å². The van der Waals surface area contributed by atoms with Gasteiger partial charge in [-0.2, -0.15) is 0 Å². The number of carbonyl (C=O) groups is 1. The lowest BCUT2D eigenvalue weighted by molar-refractivity contribution is -0.483. The minimum Gasteiger partial charge on any atom is -0.454 e. The lowest BCUT2D eigenvalue weighted by Crippen LogP contribution is -2.24. The molecular weight excluding hydrogens is 252 g/mol. The lowest BCUT2D eigenvalue weighted by Gasteiger charge is -2.12. The zero-order valence-corrected chi connectivity index (χ0v) is 10.4. The minimum absolute atomic E-state index is 0.0666. The fourth-order valence-corrected chi connectivity index (χ4v) is 1.96. The van der Waals surface area contributed by atoms with Crippen LogP contribution in [0.15, 0.2) is 18.2 Å². The van der Waals surface area contributed by atoms with Crippen LogP contribution >= 0.6 is 0 Å². The van der Waals surface area contributed by atoms with E-state index in [2.05, 4.69) is 5.32 Å². The van der Waals surface area contributed by atoms with Crippen LogP contribution < -0.4 is 14.8 Å². The normalized spacial score (nSPS) is 13.9. The Morgan fingerprint density at radius 2 is 2.21 bits per heavy atom. The summed E-state index contributed by atoms with van der Waals surface area (Å²) in [5.74, 6) is 0.459. The fourth-order valence-electron chi connectivity index (χ4n) is 1.96. The molecule has 1 aromatic carbocycles. The van der Waals surface area contributed by atoms with E-state index in [9.17, 15) is 14.9 Å². The van der Waals surface area contributed by atoms with E-state index in [0.717, 1.165) is 0 Å². The Balaban J connectivity index is 2.21. The first-order valence-corrected chi connectivity index (χ1v) is 5.82. The van der Waals surface area contributed by atoms with E-state index in [1.807, 2.05) is 0 Å². The van der Waals surface area contributed by atoms with Crippen LogP contribution in [0.1, 0.15) is 17.9 Å². The van der Waals surface area contributed by atoms with Crippen LogP contribution in [0.4, 0.5) is 0 Å². The number of amides is 1. The van der Waals surface area contributed by atoms with Gasteiger partial charge < -0.3 is 14.8 Å². The van der Waals surface area contributed by atoms with Crippen LogP contribution in [0.5, 0.6) is 11.5 Å². The highest BCUT2D eigenvalue weighted by Crippen LogP contribution is 2.35. The Morgan fingerprint density at radius 1 is 1.47 bits per heavy atom. The van der Waals surface area contributed by atoms with E-state index < -0.39 is 10.8 Å². The van der Waals surface area contributed by atoms with E-state index in [1.165, 1.54) is 7.05 Å². The average Bonchev–Trinajstić information content (AvgIpc) is 2.84. The van der Waals surface area contributed by atoms with Gasteiger partial charge in [0.2, 0.25) is 19.2 Å². The van der Waals surface area contributed by atoms with E-state index in [4.69, 9.17) is 9.47 Å². The summed E-state index contributed by atoms with van der Waals surface area (Å²) in [6.07, 6.45) is 0.0666. The van der Waals surface area contributed by atoms with Crippen molar-refractivity contribution in [2.24, 2.45) is 0 Å². The van der Waals surface area contributed by atoms with Crippen molar-refractivity contribution in [1.29, 1.82) is 0 Å². The van der Waals surface area contributed by atoms with Gasteiger partial charge in [-0.1, -0.05) is 6.07 Å². The van der Waals surface area contributed by atoms with Crippen molar-refractivity contribution >= 4 is 5.91 Å². The van der Waals surface area contributed by atoms with Crippen molar-refractivity contribution in [3.05, 3.63) is 33.9 Å². The smallest absolute Gasteiger partial charge is 0.231 e. The highest BCUT2D eigenvalue weighted by molar-refractivity contribution is 5.76. The molecule has 102 valence electrons. The highest BCUT2D eigenvalue weighted by atomic mass is 16.7. The van der Waals surface area contributed by atoms with Gasteiger partial charge in [0.1, 0.15) is 0 Å². The molecular formula is C12H14N2O5. The number of rotatable bonds is 5. The van der Waals surface area contributed by atoms with Gasteiger partial charge in [0.05, 0.1) is 5.92 Å². The molecule has 1 unspecified atom stereocenters. The number of hydrogen-bond donors (Lipinski definition) is 1. The number of benzene rings is 1. The van der Waals surface area contributed by atoms with E-state index in [1.54, 1.807) is 18.2 Å². The predicted molar refractivity (Wildman–Crippen MR) is 65.9 cm³/mol. The molecule has 1 N–H and O–H groups in total. The number of nitrogens with zero attached hydrogens (tertiary/aromatic N) is 1. The molecule has 0 spiro atoms. The van der Waals surface area contributed by atoms with Crippen molar-refractivity contribution in [2.75, 3.05) is 20.4 Å². The molecule has 0 radical (unpaired) electrons. The molecule has 0 saturated carbocycles. The Morgan fingerprint density at radius 3 is 2.89 bits per heavy atom. The Kier molecular flexibility index (Phi) is 3.84. The first kappa shape index (κ1) is 13.1.